The fourth-order valence-electron chi connectivity index (χ4n) is 1.89. The number of carbonyl (C=O) groups excluding carboxylic acids is 1. The van der Waals surface area contributed by atoms with Crippen LogP contribution in [-0.4, -0.2) is 48.1 Å². The molecule has 2 N–H and O–H groups in total. The monoisotopic (exact) mass is 244 g/mol. The lowest BCUT2D eigenvalue weighted by atomic mass is 10.00. The molecule has 0 aromatic carbocycles. The number of likely N-dealkylation sites (N-methyl/N-ethyl adjacent to an activating group) is 1. The van der Waals surface area contributed by atoms with Crippen LogP contribution in [0.5, 0.6) is 0 Å². The van der Waals surface area contributed by atoms with E-state index in [4.69, 9.17) is 5.11 Å². The molecule has 0 radical (unpaired) electrons. The molecule has 0 bridgehead atoms. The lowest BCUT2D eigenvalue weighted by Gasteiger charge is -2.29. The van der Waals surface area contributed by atoms with E-state index in [-0.39, 0.29) is 23.8 Å². The van der Waals surface area contributed by atoms with Crippen molar-refractivity contribution in [2.24, 2.45) is 11.8 Å². The number of carboxylic acid groups (broad SMARTS) is 1. The zero-order chi connectivity index (χ0) is 13.7. The van der Waals surface area contributed by atoms with Gasteiger partial charge in [-0.05, 0) is 25.9 Å². The molecule has 2 atom stereocenters. The summed E-state index contributed by atoms with van der Waals surface area (Å²) in [5, 5.41) is 11.6. The zero-order valence-corrected chi connectivity index (χ0v) is 11.5. The highest BCUT2D eigenvalue weighted by atomic mass is 16.4. The van der Waals surface area contributed by atoms with E-state index in [0.29, 0.717) is 0 Å². The molecule has 0 aromatic rings. The van der Waals surface area contributed by atoms with E-state index >= 15 is 0 Å². The lowest BCUT2D eigenvalue weighted by molar-refractivity contribution is -0.144. The summed E-state index contributed by atoms with van der Waals surface area (Å²) in [5.74, 6) is -1.22. The van der Waals surface area contributed by atoms with Gasteiger partial charge in [-0.2, -0.15) is 0 Å². The summed E-state index contributed by atoms with van der Waals surface area (Å²) in [6.07, 6.45) is 0. The summed E-state index contributed by atoms with van der Waals surface area (Å²) in [4.78, 5) is 24.8. The predicted molar refractivity (Wildman–Crippen MR) is 66.7 cm³/mol. The molecule has 0 aliphatic rings. The Morgan fingerprint density at radius 1 is 1.06 bits per heavy atom. The average molecular weight is 244 g/mol. The van der Waals surface area contributed by atoms with Crippen LogP contribution in [0.3, 0.4) is 0 Å². The molecule has 5 nitrogen and oxygen atoms in total. The molecule has 0 aliphatic heterocycles. The number of nitrogens with one attached hydrogen (secondary N) is 1. The number of rotatable bonds is 6. The number of carboxylic acids is 1. The van der Waals surface area contributed by atoms with Gasteiger partial charge in [0.05, 0.1) is 6.04 Å². The molecule has 0 heterocycles. The van der Waals surface area contributed by atoms with Gasteiger partial charge >= 0.3 is 5.97 Å². The third-order valence-electron chi connectivity index (χ3n) is 2.69. The van der Waals surface area contributed by atoms with Crippen molar-refractivity contribution < 1.29 is 14.7 Å². The molecule has 0 rings (SSSR count). The largest absolute Gasteiger partial charge is 0.480 e. The molecule has 100 valence electrons. The molecule has 0 aliphatic carbocycles. The summed E-state index contributed by atoms with van der Waals surface area (Å²) >= 11 is 0. The van der Waals surface area contributed by atoms with Crippen LogP contribution in [0.15, 0.2) is 0 Å². The standard InChI is InChI=1S/C12H24N2O3/c1-7(2)9(12(16)17)13-11(15)10(8(3)4)14(5)6/h7-10H,1-6H3,(H,13,15)(H,16,17)/t9-,10-/m0/s1. The molecule has 0 unspecified atom stereocenters. The van der Waals surface area contributed by atoms with Crippen LogP contribution in [0.25, 0.3) is 0 Å². The number of hydrogen-bond donors (Lipinski definition) is 2. The van der Waals surface area contributed by atoms with Crippen LogP contribution in [-0.2, 0) is 9.59 Å². The van der Waals surface area contributed by atoms with Crippen molar-refractivity contribution in [3.8, 4) is 0 Å². The fraction of sp³-hybridized carbons (Fsp3) is 0.833. The van der Waals surface area contributed by atoms with Crippen molar-refractivity contribution >= 4 is 11.9 Å². The van der Waals surface area contributed by atoms with Gasteiger partial charge in [0.2, 0.25) is 5.91 Å². The molecule has 1 amide bonds. The average Bonchev–Trinajstić information content (AvgIpc) is 2.11. The number of amides is 1. The van der Waals surface area contributed by atoms with Crippen molar-refractivity contribution in [1.29, 1.82) is 0 Å². The van der Waals surface area contributed by atoms with Gasteiger partial charge < -0.3 is 10.4 Å². The Labute approximate surface area is 103 Å². The van der Waals surface area contributed by atoms with E-state index in [2.05, 4.69) is 5.32 Å². The van der Waals surface area contributed by atoms with E-state index in [1.54, 1.807) is 18.7 Å². The molecule has 5 heteroatoms. The van der Waals surface area contributed by atoms with Crippen LogP contribution in [0.4, 0.5) is 0 Å². The molecule has 0 fully saturated rings. The maximum Gasteiger partial charge on any atom is 0.326 e. The second kappa shape index (κ2) is 6.59. The Balaban J connectivity index is 4.75. The van der Waals surface area contributed by atoms with Crippen LogP contribution in [0, 0.1) is 11.8 Å². The van der Waals surface area contributed by atoms with Gasteiger partial charge in [0, 0.05) is 0 Å². The first kappa shape index (κ1) is 15.9. The van der Waals surface area contributed by atoms with Crippen molar-refractivity contribution in [3.63, 3.8) is 0 Å². The number of nitrogens with zero attached hydrogens (tertiary/aromatic N) is 1. The summed E-state index contributed by atoms with van der Waals surface area (Å²) in [5.41, 5.74) is 0. The second-order valence-corrected chi connectivity index (χ2v) is 5.22. The van der Waals surface area contributed by atoms with Crippen LogP contribution in [0.1, 0.15) is 27.7 Å². The number of carbonyl (C=O) groups is 2. The summed E-state index contributed by atoms with van der Waals surface area (Å²) in [7, 11) is 3.63. The van der Waals surface area contributed by atoms with Gasteiger partial charge in [0.15, 0.2) is 0 Å². The van der Waals surface area contributed by atoms with E-state index in [9.17, 15) is 9.59 Å². The normalized spacial score (nSPS) is 15.1. The van der Waals surface area contributed by atoms with Crippen molar-refractivity contribution in [1.82, 2.24) is 10.2 Å². The minimum atomic E-state index is -0.991. The van der Waals surface area contributed by atoms with Gasteiger partial charge in [0.1, 0.15) is 6.04 Å². The summed E-state index contributed by atoms with van der Waals surface area (Å²) in [6.45, 7) is 7.43. The maximum atomic E-state index is 12.0. The first-order chi connectivity index (χ1) is 7.68. The topological polar surface area (TPSA) is 69.6 Å². The summed E-state index contributed by atoms with van der Waals surface area (Å²) in [6, 6.07) is -1.14. The number of hydrogen-bond acceptors (Lipinski definition) is 3. The van der Waals surface area contributed by atoms with Gasteiger partial charge in [-0.3, -0.25) is 9.69 Å². The third-order valence-corrected chi connectivity index (χ3v) is 2.69. The van der Waals surface area contributed by atoms with Gasteiger partial charge in [-0.15, -0.1) is 0 Å². The molecule has 0 aromatic heterocycles. The molecule has 0 saturated carbocycles. The Morgan fingerprint density at radius 2 is 1.53 bits per heavy atom. The minimum absolute atomic E-state index is 0.131. The fourth-order valence-corrected chi connectivity index (χ4v) is 1.89. The molecule has 0 spiro atoms. The first-order valence-corrected chi connectivity index (χ1v) is 5.88. The maximum absolute atomic E-state index is 12.0. The van der Waals surface area contributed by atoms with Gasteiger partial charge in [-0.25, -0.2) is 4.79 Å². The predicted octanol–water partition coefficient (Wildman–Crippen LogP) is 0.798. The van der Waals surface area contributed by atoms with E-state index < -0.39 is 12.0 Å². The van der Waals surface area contributed by atoms with Crippen LogP contribution < -0.4 is 5.32 Å². The lowest BCUT2D eigenvalue weighted by Crippen LogP contribution is -2.53. The quantitative estimate of drug-likeness (QED) is 0.725. The van der Waals surface area contributed by atoms with Gasteiger partial charge in [0.25, 0.3) is 0 Å². The molecular weight excluding hydrogens is 220 g/mol. The van der Waals surface area contributed by atoms with Gasteiger partial charge in [-0.1, -0.05) is 27.7 Å². The Morgan fingerprint density at radius 3 is 1.76 bits per heavy atom. The summed E-state index contributed by atoms with van der Waals surface area (Å²) < 4.78 is 0. The first-order valence-electron chi connectivity index (χ1n) is 5.88. The smallest absolute Gasteiger partial charge is 0.326 e. The Bertz CT molecular complexity index is 267. The number of aliphatic carboxylic acids is 1. The Hall–Kier alpha value is -1.10. The SMILES string of the molecule is CC(C)[C@H](NC(=O)[C@H](C(C)C)N(C)C)C(=O)O. The van der Waals surface area contributed by atoms with E-state index in [0.717, 1.165) is 0 Å². The van der Waals surface area contributed by atoms with E-state index in [1.807, 2.05) is 27.9 Å². The van der Waals surface area contributed by atoms with Crippen molar-refractivity contribution in [2.45, 2.75) is 39.8 Å². The highest BCUT2D eigenvalue weighted by Crippen LogP contribution is 2.09. The van der Waals surface area contributed by atoms with Crippen molar-refractivity contribution in [3.05, 3.63) is 0 Å². The highest BCUT2D eigenvalue weighted by molar-refractivity contribution is 5.87. The minimum Gasteiger partial charge on any atom is -0.480 e. The second-order valence-electron chi connectivity index (χ2n) is 5.22. The molecular formula is C12H24N2O3. The van der Waals surface area contributed by atoms with E-state index in [1.165, 1.54) is 0 Å². The molecule has 0 saturated heterocycles. The van der Waals surface area contributed by atoms with Crippen LogP contribution in [0.2, 0.25) is 0 Å². The zero-order valence-electron chi connectivity index (χ0n) is 11.5. The third kappa shape index (κ3) is 4.73. The van der Waals surface area contributed by atoms with Crippen LogP contribution >= 0.6 is 0 Å². The molecule has 17 heavy (non-hydrogen) atoms. The van der Waals surface area contributed by atoms with Crippen molar-refractivity contribution in [2.75, 3.05) is 14.1 Å². The Kier molecular flexibility index (Phi) is 6.16. The highest BCUT2D eigenvalue weighted by Gasteiger charge is 2.30.